The minimum atomic E-state index is -4.01. The Balaban J connectivity index is 1.18. The average Bonchev–Trinajstić information content (AvgIpc) is 3.46. The fourth-order valence-electron chi connectivity index (χ4n) is 5.18. The first-order valence-electron chi connectivity index (χ1n) is 10.8. The SMILES string of the molecule is CS(=O)(=O)c1c(F)cc([C@H]2OC[C@]3(CO2)C[C@@H]3C2CCN(c3ncc(Cl)cn3)CC2)cc1F. The van der Waals surface area contributed by atoms with Crippen molar-refractivity contribution in [3.05, 3.63) is 46.7 Å². The van der Waals surface area contributed by atoms with Crippen LogP contribution in [0.2, 0.25) is 5.02 Å². The van der Waals surface area contributed by atoms with Gasteiger partial charge in [-0.3, -0.25) is 0 Å². The second kappa shape index (κ2) is 8.41. The van der Waals surface area contributed by atoms with Gasteiger partial charge in [0.05, 0.1) is 30.6 Å². The van der Waals surface area contributed by atoms with E-state index in [1.54, 1.807) is 12.4 Å². The number of piperidine rings is 1. The van der Waals surface area contributed by atoms with Crippen molar-refractivity contribution in [2.75, 3.05) is 37.5 Å². The molecule has 1 atom stereocenters. The van der Waals surface area contributed by atoms with Crippen molar-refractivity contribution < 1.29 is 26.7 Å². The number of sulfone groups is 1. The summed E-state index contributed by atoms with van der Waals surface area (Å²) in [6.07, 6.45) is 6.09. The lowest BCUT2D eigenvalue weighted by molar-refractivity contribution is -0.216. The Morgan fingerprint density at radius 1 is 1.09 bits per heavy atom. The highest BCUT2D eigenvalue weighted by Gasteiger charge is 2.59. The molecule has 0 N–H and O–H groups in total. The molecule has 0 bridgehead atoms. The number of aromatic nitrogens is 2. The van der Waals surface area contributed by atoms with E-state index < -0.39 is 32.7 Å². The number of halogens is 3. The molecule has 5 rings (SSSR count). The Labute approximate surface area is 196 Å². The molecule has 3 aliphatic rings. The zero-order valence-electron chi connectivity index (χ0n) is 18.0. The van der Waals surface area contributed by atoms with Gasteiger partial charge < -0.3 is 14.4 Å². The van der Waals surface area contributed by atoms with Gasteiger partial charge in [0.15, 0.2) is 16.1 Å². The molecule has 2 aromatic rings. The molecule has 1 spiro atoms. The van der Waals surface area contributed by atoms with Gasteiger partial charge in [-0.1, -0.05) is 11.6 Å². The van der Waals surface area contributed by atoms with Crippen LogP contribution in [0.3, 0.4) is 0 Å². The highest BCUT2D eigenvalue weighted by molar-refractivity contribution is 7.90. The van der Waals surface area contributed by atoms with Crippen molar-refractivity contribution in [3.63, 3.8) is 0 Å². The van der Waals surface area contributed by atoms with Crippen molar-refractivity contribution in [3.8, 4) is 0 Å². The normalized spacial score (nSPS) is 28.3. The lowest BCUT2D eigenvalue weighted by Gasteiger charge is -2.35. The summed E-state index contributed by atoms with van der Waals surface area (Å²) < 4.78 is 63.4. The summed E-state index contributed by atoms with van der Waals surface area (Å²) >= 11 is 5.87. The molecule has 1 aromatic heterocycles. The minimum absolute atomic E-state index is 0.0656. The van der Waals surface area contributed by atoms with Crippen molar-refractivity contribution in [1.82, 2.24) is 9.97 Å². The molecule has 3 heterocycles. The molecule has 0 unspecified atom stereocenters. The van der Waals surface area contributed by atoms with E-state index in [0.29, 0.717) is 36.0 Å². The Kier molecular flexibility index (Phi) is 5.83. The van der Waals surface area contributed by atoms with E-state index in [1.807, 2.05) is 0 Å². The number of anilines is 1. The molecule has 1 aromatic carbocycles. The largest absolute Gasteiger partial charge is 0.348 e. The van der Waals surface area contributed by atoms with Crippen LogP contribution in [0.5, 0.6) is 0 Å². The number of rotatable bonds is 4. The Hall–Kier alpha value is -1.88. The average molecular weight is 500 g/mol. The second-order valence-corrected chi connectivity index (χ2v) is 11.6. The Morgan fingerprint density at radius 3 is 2.21 bits per heavy atom. The highest BCUT2D eigenvalue weighted by Crippen LogP contribution is 2.61. The van der Waals surface area contributed by atoms with Crippen LogP contribution in [0.25, 0.3) is 0 Å². The number of ether oxygens (including phenoxy) is 2. The van der Waals surface area contributed by atoms with Gasteiger partial charge in [-0.25, -0.2) is 27.2 Å². The molecular formula is C22H24ClF2N3O4S. The first kappa shape index (κ1) is 22.9. The molecule has 0 radical (unpaired) electrons. The van der Waals surface area contributed by atoms with Crippen LogP contribution in [0.1, 0.15) is 31.1 Å². The molecule has 2 aliphatic heterocycles. The summed E-state index contributed by atoms with van der Waals surface area (Å²) in [5.74, 6) is -0.563. The van der Waals surface area contributed by atoms with E-state index in [2.05, 4.69) is 14.9 Å². The van der Waals surface area contributed by atoms with Gasteiger partial charge in [-0.2, -0.15) is 0 Å². The van der Waals surface area contributed by atoms with Crippen LogP contribution in [0, 0.1) is 28.9 Å². The summed E-state index contributed by atoms with van der Waals surface area (Å²) in [5, 5.41) is 0.515. The van der Waals surface area contributed by atoms with Gasteiger partial charge in [0.1, 0.15) is 16.5 Å². The number of nitrogens with zero attached hydrogens (tertiary/aromatic N) is 3. The lowest BCUT2D eigenvalue weighted by atomic mass is 9.87. The minimum Gasteiger partial charge on any atom is -0.348 e. The third-order valence-electron chi connectivity index (χ3n) is 6.96. The predicted molar refractivity (Wildman–Crippen MR) is 117 cm³/mol. The van der Waals surface area contributed by atoms with Gasteiger partial charge in [-0.05, 0) is 43.2 Å². The fraction of sp³-hybridized carbons (Fsp3) is 0.545. The first-order chi connectivity index (χ1) is 15.7. The maximum Gasteiger partial charge on any atom is 0.225 e. The Morgan fingerprint density at radius 2 is 1.67 bits per heavy atom. The molecule has 178 valence electrons. The van der Waals surface area contributed by atoms with Gasteiger partial charge in [0.2, 0.25) is 5.95 Å². The molecule has 1 aliphatic carbocycles. The van der Waals surface area contributed by atoms with Gasteiger partial charge in [-0.15, -0.1) is 0 Å². The predicted octanol–water partition coefficient (Wildman–Crippen LogP) is 3.78. The standard InChI is InChI=1S/C22H24ClF2N3O4S/c1-33(29,30)19-17(24)6-14(7-18(19)25)20-31-11-22(12-32-20)8-16(22)13-2-4-28(5-3-13)21-26-9-15(23)10-27-21/h6-7,9-10,13,16,20H,2-5,8,11-12H2,1H3/t16-,20-,22-/m1/s1. The van der Waals surface area contributed by atoms with Gasteiger partial charge >= 0.3 is 0 Å². The summed E-state index contributed by atoms with van der Waals surface area (Å²) in [5.41, 5.74) is 0.0740. The summed E-state index contributed by atoms with van der Waals surface area (Å²) in [4.78, 5) is 9.82. The zero-order valence-corrected chi connectivity index (χ0v) is 19.6. The quantitative estimate of drug-likeness (QED) is 0.633. The van der Waals surface area contributed by atoms with E-state index >= 15 is 0 Å². The van der Waals surface area contributed by atoms with Crippen molar-refractivity contribution in [1.29, 1.82) is 0 Å². The molecule has 7 nitrogen and oxygen atoms in total. The third kappa shape index (κ3) is 4.45. The maximum absolute atomic E-state index is 14.3. The molecule has 33 heavy (non-hydrogen) atoms. The molecular weight excluding hydrogens is 476 g/mol. The molecule has 11 heteroatoms. The van der Waals surface area contributed by atoms with Crippen LogP contribution >= 0.6 is 11.6 Å². The molecule has 2 saturated heterocycles. The highest BCUT2D eigenvalue weighted by atomic mass is 35.5. The van der Waals surface area contributed by atoms with Crippen LogP contribution in [0.4, 0.5) is 14.7 Å². The third-order valence-corrected chi connectivity index (χ3v) is 8.29. The van der Waals surface area contributed by atoms with Crippen molar-refractivity contribution in [2.24, 2.45) is 17.3 Å². The van der Waals surface area contributed by atoms with Crippen LogP contribution < -0.4 is 4.90 Å². The van der Waals surface area contributed by atoms with Crippen molar-refractivity contribution >= 4 is 27.4 Å². The second-order valence-electron chi connectivity index (χ2n) is 9.24. The summed E-state index contributed by atoms with van der Waals surface area (Å²) in [6.45, 7) is 2.63. The summed E-state index contributed by atoms with van der Waals surface area (Å²) in [7, 11) is -4.01. The number of hydrogen-bond acceptors (Lipinski definition) is 7. The molecule has 3 fully saturated rings. The molecule has 1 saturated carbocycles. The maximum atomic E-state index is 14.3. The number of benzene rings is 1. The van der Waals surface area contributed by atoms with Gasteiger partial charge in [0, 0.05) is 30.3 Å². The van der Waals surface area contributed by atoms with Crippen LogP contribution in [-0.4, -0.2) is 50.9 Å². The van der Waals surface area contributed by atoms with Crippen molar-refractivity contribution in [2.45, 2.75) is 30.4 Å². The fourth-order valence-corrected chi connectivity index (χ4v) is 6.11. The summed E-state index contributed by atoms with van der Waals surface area (Å²) in [6, 6.07) is 1.95. The topological polar surface area (TPSA) is 81.6 Å². The van der Waals surface area contributed by atoms with E-state index in [1.165, 1.54) is 0 Å². The van der Waals surface area contributed by atoms with E-state index in [9.17, 15) is 17.2 Å². The first-order valence-corrected chi connectivity index (χ1v) is 13.1. The van der Waals surface area contributed by atoms with Crippen LogP contribution in [-0.2, 0) is 19.3 Å². The van der Waals surface area contributed by atoms with Gasteiger partial charge in [0.25, 0.3) is 0 Å². The zero-order chi connectivity index (χ0) is 23.4. The monoisotopic (exact) mass is 499 g/mol. The smallest absolute Gasteiger partial charge is 0.225 e. The van der Waals surface area contributed by atoms with E-state index in [-0.39, 0.29) is 11.0 Å². The van der Waals surface area contributed by atoms with Crippen LogP contribution in [0.15, 0.2) is 29.4 Å². The van der Waals surface area contributed by atoms with E-state index in [0.717, 1.165) is 50.7 Å². The number of hydrogen-bond donors (Lipinski definition) is 0. The molecule has 0 amide bonds. The lowest BCUT2D eigenvalue weighted by Crippen LogP contribution is -2.37. The Bertz CT molecular complexity index is 1130. The van der Waals surface area contributed by atoms with E-state index in [4.69, 9.17) is 21.1 Å².